The quantitative estimate of drug-likeness (QED) is 0.309. The van der Waals surface area contributed by atoms with Crippen molar-refractivity contribution in [1.29, 1.82) is 0 Å². The molecule has 0 atom stereocenters. The summed E-state index contributed by atoms with van der Waals surface area (Å²) >= 11 is 0. The SMILES string of the molecule is Cc1ccc(C(=O)Oc2ccc3c(c2)OC(=Cc2ccc(C(C)C)cc2)C3=O)cc1. The lowest BCUT2D eigenvalue weighted by Gasteiger charge is -2.06. The number of benzene rings is 3. The van der Waals surface area contributed by atoms with Crippen LogP contribution in [0.3, 0.4) is 0 Å². The Morgan fingerprint density at radius 3 is 2.33 bits per heavy atom. The van der Waals surface area contributed by atoms with Crippen molar-refractivity contribution in [3.05, 3.63) is 100 Å². The van der Waals surface area contributed by atoms with Crippen LogP contribution in [0.1, 0.15) is 57.2 Å². The number of carbonyl (C=O) groups is 2. The van der Waals surface area contributed by atoms with Crippen LogP contribution < -0.4 is 9.47 Å². The molecule has 3 aromatic rings. The summed E-state index contributed by atoms with van der Waals surface area (Å²) in [6.45, 7) is 6.22. The van der Waals surface area contributed by atoms with Crippen LogP contribution in [0.2, 0.25) is 0 Å². The molecule has 0 unspecified atom stereocenters. The van der Waals surface area contributed by atoms with Crippen LogP contribution in [0, 0.1) is 6.92 Å². The summed E-state index contributed by atoms with van der Waals surface area (Å²) in [5, 5.41) is 0. The lowest BCUT2D eigenvalue weighted by atomic mass is 10.0. The highest BCUT2D eigenvalue weighted by molar-refractivity contribution is 6.14. The summed E-state index contributed by atoms with van der Waals surface area (Å²) in [7, 11) is 0. The fourth-order valence-corrected chi connectivity index (χ4v) is 3.21. The van der Waals surface area contributed by atoms with Crippen molar-refractivity contribution in [1.82, 2.24) is 0 Å². The van der Waals surface area contributed by atoms with E-state index in [2.05, 4.69) is 13.8 Å². The first kappa shape index (κ1) is 19.6. The average Bonchev–Trinajstić information content (AvgIpc) is 3.03. The highest BCUT2D eigenvalue weighted by atomic mass is 16.5. The van der Waals surface area contributed by atoms with Crippen molar-refractivity contribution in [2.24, 2.45) is 0 Å². The van der Waals surface area contributed by atoms with Crippen LogP contribution >= 0.6 is 0 Å². The lowest BCUT2D eigenvalue weighted by Crippen LogP contribution is -2.08. The number of allylic oxidation sites excluding steroid dienone is 1. The van der Waals surface area contributed by atoms with Gasteiger partial charge in [0, 0.05) is 6.07 Å². The summed E-state index contributed by atoms with van der Waals surface area (Å²) in [6, 6.07) is 20.0. The minimum absolute atomic E-state index is 0.186. The van der Waals surface area contributed by atoms with Gasteiger partial charge in [0.1, 0.15) is 11.5 Å². The van der Waals surface area contributed by atoms with Crippen LogP contribution in [0.5, 0.6) is 11.5 Å². The van der Waals surface area contributed by atoms with Crippen molar-refractivity contribution >= 4 is 17.8 Å². The highest BCUT2D eigenvalue weighted by Gasteiger charge is 2.28. The predicted octanol–water partition coefficient (Wildman–Crippen LogP) is 5.95. The number of rotatable bonds is 4. The van der Waals surface area contributed by atoms with Gasteiger partial charge in [-0.25, -0.2) is 4.79 Å². The molecule has 0 saturated heterocycles. The number of ketones is 1. The van der Waals surface area contributed by atoms with Crippen LogP contribution in [0.25, 0.3) is 6.08 Å². The molecule has 3 aromatic carbocycles. The Morgan fingerprint density at radius 2 is 1.67 bits per heavy atom. The maximum absolute atomic E-state index is 12.7. The Bertz CT molecular complexity index is 1140. The number of aryl methyl sites for hydroxylation is 1. The van der Waals surface area contributed by atoms with Gasteiger partial charge in [0.25, 0.3) is 0 Å². The Kier molecular flexibility index (Phi) is 5.23. The fraction of sp³-hybridized carbons (Fsp3) is 0.154. The summed E-state index contributed by atoms with van der Waals surface area (Å²) < 4.78 is 11.2. The van der Waals surface area contributed by atoms with Crippen LogP contribution in [0.15, 0.2) is 72.5 Å². The molecule has 0 amide bonds. The van der Waals surface area contributed by atoms with E-state index >= 15 is 0 Å². The van der Waals surface area contributed by atoms with Crippen LogP contribution in [-0.2, 0) is 0 Å². The van der Waals surface area contributed by atoms with E-state index in [9.17, 15) is 9.59 Å². The molecule has 1 aliphatic rings. The van der Waals surface area contributed by atoms with Gasteiger partial charge < -0.3 is 9.47 Å². The maximum atomic E-state index is 12.7. The Hall–Kier alpha value is -3.66. The molecule has 0 bridgehead atoms. The molecule has 1 heterocycles. The number of ether oxygens (including phenoxy) is 2. The van der Waals surface area contributed by atoms with Crippen molar-refractivity contribution < 1.29 is 19.1 Å². The Balaban J connectivity index is 1.52. The van der Waals surface area contributed by atoms with Gasteiger partial charge >= 0.3 is 5.97 Å². The highest BCUT2D eigenvalue weighted by Crippen LogP contribution is 2.35. The summed E-state index contributed by atoms with van der Waals surface area (Å²) in [4.78, 5) is 25.0. The smallest absolute Gasteiger partial charge is 0.343 e. The second-order valence-electron chi connectivity index (χ2n) is 7.67. The van der Waals surface area contributed by atoms with Crippen molar-refractivity contribution in [3.8, 4) is 11.5 Å². The molecule has 0 fully saturated rings. The van der Waals surface area contributed by atoms with Gasteiger partial charge in [-0.2, -0.15) is 0 Å². The second kappa shape index (κ2) is 7.99. The topological polar surface area (TPSA) is 52.6 Å². The molecule has 0 N–H and O–H groups in total. The molecule has 0 radical (unpaired) electrons. The fourth-order valence-electron chi connectivity index (χ4n) is 3.21. The molecule has 1 aliphatic heterocycles. The molecule has 0 saturated carbocycles. The molecule has 4 rings (SSSR count). The average molecular weight is 398 g/mol. The van der Waals surface area contributed by atoms with E-state index in [1.54, 1.807) is 36.4 Å². The van der Waals surface area contributed by atoms with Gasteiger partial charge in [-0.05, 0) is 54.3 Å². The second-order valence-corrected chi connectivity index (χ2v) is 7.67. The van der Waals surface area contributed by atoms with Gasteiger partial charge in [0.2, 0.25) is 5.78 Å². The third-order valence-corrected chi connectivity index (χ3v) is 5.04. The maximum Gasteiger partial charge on any atom is 0.343 e. The third kappa shape index (κ3) is 4.03. The summed E-state index contributed by atoms with van der Waals surface area (Å²) in [5.41, 5.74) is 4.11. The lowest BCUT2D eigenvalue weighted by molar-refractivity contribution is 0.0734. The number of Topliss-reactive ketones (excluding diaryl/α,β-unsaturated/α-hetero) is 1. The first-order valence-electron chi connectivity index (χ1n) is 9.88. The zero-order valence-corrected chi connectivity index (χ0v) is 17.1. The number of carbonyl (C=O) groups excluding carboxylic acids is 2. The van der Waals surface area contributed by atoms with E-state index in [1.807, 2.05) is 43.3 Å². The number of esters is 1. The van der Waals surface area contributed by atoms with Crippen molar-refractivity contribution in [2.75, 3.05) is 0 Å². The van der Waals surface area contributed by atoms with Gasteiger partial charge in [-0.3, -0.25) is 4.79 Å². The normalized spacial score (nSPS) is 14.0. The molecular weight excluding hydrogens is 376 g/mol. The van der Waals surface area contributed by atoms with Crippen molar-refractivity contribution in [3.63, 3.8) is 0 Å². The standard InChI is InChI=1S/C26H22O4/c1-16(2)19-10-6-18(7-11-19)14-24-25(27)22-13-12-21(15-23(22)30-24)29-26(28)20-8-4-17(3)5-9-20/h4-16H,1-3H3. The predicted molar refractivity (Wildman–Crippen MR) is 116 cm³/mol. The van der Waals surface area contributed by atoms with E-state index in [0.29, 0.717) is 28.5 Å². The molecule has 0 aromatic heterocycles. The van der Waals surface area contributed by atoms with E-state index in [0.717, 1.165) is 11.1 Å². The molecule has 0 aliphatic carbocycles. The molecule has 4 nitrogen and oxygen atoms in total. The van der Waals surface area contributed by atoms with E-state index in [4.69, 9.17) is 9.47 Å². The molecule has 0 spiro atoms. The number of hydrogen-bond acceptors (Lipinski definition) is 4. The van der Waals surface area contributed by atoms with Gasteiger partial charge in [0.15, 0.2) is 5.76 Å². The van der Waals surface area contributed by atoms with Gasteiger partial charge in [0.05, 0.1) is 11.1 Å². The molecule has 30 heavy (non-hydrogen) atoms. The first-order valence-corrected chi connectivity index (χ1v) is 9.88. The third-order valence-electron chi connectivity index (χ3n) is 5.04. The van der Waals surface area contributed by atoms with Crippen LogP contribution in [0.4, 0.5) is 0 Å². The summed E-state index contributed by atoms with van der Waals surface area (Å²) in [5.74, 6) is 0.772. The minimum Gasteiger partial charge on any atom is -0.452 e. The van der Waals surface area contributed by atoms with Gasteiger partial charge in [-0.1, -0.05) is 55.8 Å². The first-order chi connectivity index (χ1) is 14.4. The Morgan fingerprint density at radius 1 is 0.967 bits per heavy atom. The molecule has 4 heteroatoms. The van der Waals surface area contributed by atoms with E-state index < -0.39 is 5.97 Å². The Labute approximate surface area is 175 Å². The summed E-state index contributed by atoms with van der Waals surface area (Å²) in [6.07, 6.45) is 1.73. The van der Waals surface area contributed by atoms with E-state index in [1.165, 1.54) is 5.56 Å². The monoisotopic (exact) mass is 398 g/mol. The zero-order chi connectivity index (χ0) is 21.3. The molecular formula is C26H22O4. The van der Waals surface area contributed by atoms with Crippen molar-refractivity contribution in [2.45, 2.75) is 26.7 Å². The largest absolute Gasteiger partial charge is 0.452 e. The van der Waals surface area contributed by atoms with Gasteiger partial charge in [-0.15, -0.1) is 0 Å². The zero-order valence-electron chi connectivity index (χ0n) is 17.1. The minimum atomic E-state index is -0.458. The van der Waals surface area contributed by atoms with Crippen LogP contribution in [-0.4, -0.2) is 11.8 Å². The van der Waals surface area contributed by atoms with E-state index in [-0.39, 0.29) is 11.5 Å². The number of hydrogen-bond donors (Lipinski definition) is 0. The number of fused-ring (bicyclic) bond motifs is 1. The molecule has 150 valence electrons.